The molecule has 0 aliphatic carbocycles. The van der Waals surface area contributed by atoms with E-state index in [9.17, 15) is 17.6 Å². The largest absolute Gasteiger partial charge is 0.339 e. The summed E-state index contributed by atoms with van der Waals surface area (Å²) in [4.78, 5) is 18.7. The molecule has 3 aromatic rings. The van der Waals surface area contributed by atoms with Crippen molar-refractivity contribution in [2.75, 3.05) is 13.1 Å². The van der Waals surface area contributed by atoms with Crippen LogP contribution >= 0.6 is 0 Å². The lowest BCUT2D eigenvalue weighted by atomic mass is 10.1. The summed E-state index contributed by atoms with van der Waals surface area (Å²) in [6.07, 6.45) is 1.27. The first-order valence-electron chi connectivity index (χ1n) is 9.40. The molecule has 0 fully saturated rings. The third-order valence-electron chi connectivity index (χ3n) is 4.84. The zero-order chi connectivity index (χ0) is 21.3. The van der Waals surface area contributed by atoms with Gasteiger partial charge in [-0.1, -0.05) is 6.07 Å². The fourth-order valence-corrected chi connectivity index (χ4v) is 5.27. The standard InChI is InChI=1S/C22H23FN2O3S/c1-5-25(6-2)22(26)19-13-24-20-8-7-16(23)12-18(20)21(19)29(27,28)17-10-14(3)9-15(4)11-17/h7-13H,5-6H2,1-4H3. The highest BCUT2D eigenvalue weighted by Crippen LogP contribution is 2.32. The maximum atomic E-state index is 14.0. The number of hydrogen-bond acceptors (Lipinski definition) is 4. The molecular weight excluding hydrogens is 391 g/mol. The predicted octanol–water partition coefficient (Wildman–Crippen LogP) is 4.31. The first kappa shape index (κ1) is 20.9. The van der Waals surface area contributed by atoms with E-state index >= 15 is 0 Å². The summed E-state index contributed by atoms with van der Waals surface area (Å²) < 4.78 is 41.4. The topological polar surface area (TPSA) is 67.3 Å². The van der Waals surface area contributed by atoms with Crippen LogP contribution in [0.25, 0.3) is 10.9 Å². The summed E-state index contributed by atoms with van der Waals surface area (Å²) in [5.74, 6) is -1.04. The zero-order valence-electron chi connectivity index (χ0n) is 16.9. The van der Waals surface area contributed by atoms with Gasteiger partial charge in [-0.2, -0.15) is 0 Å². The first-order chi connectivity index (χ1) is 13.7. The van der Waals surface area contributed by atoms with Crippen LogP contribution in [0, 0.1) is 19.7 Å². The number of pyridine rings is 1. The molecule has 7 heteroatoms. The van der Waals surface area contributed by atoms with Crippen molar-refractivity contribution in [1.82, 2.24) is 9.88 Å². The smallest absolute Gasteiger partial charge is 0.256 e. The van der Waals surface area contributed by atoms with Gasteiger partial charge in [-0.15, -0.1) is 0 Å². The van der Waals surface area contributed by atoms with Crippen molar-refractivity contribution in [2.45, 2.75) is 37.5 Å². The van der Waals surface area contributed by atoms with E-state index in [2.05, 4.69) is 4.98 Å². The molecule has 0 N–H and O–H groups in total. The van der Waals surface area contributed by atoms with E-state index in [-0.39, 0.29) is 20.7 Å². The van der Waals surface area contributed by atoms with Crippen LogP contribution in [0.2, 0.25) is 0 Å². The monoisotopic (exact) mass is 414 g/mol. The van der Waals surface area contributed by atoms with Gasteiger partial charge in [0, 0.05) is 24.7 Å². The molecule has 0 spiro atoms. The van der Waals surface area contributed by atoms with E-state index in [0.717, 1.165) is 17.2 Å². The SMILES string of the molecule is CCN(CC)C(=O)c1cnc2ccc(F)cc2c1S(=O)(=O)c1cc(C)cc(C)c1. The van der Waals surface area contributed by atoms with Gasteiger partial charge >= 0.3 is 0 Å². The average molecular weight is 415 g/mol. The molecule has 1 heterocycles. The van der Waals surface area contributed by atoms with Crippen molar-refractivity contribution >= 4 is 26.6 Å². The van der Waals surface area contributed by atoms with Gasteiger partial charge in [0.25, 0.3) is 5.91 Å². The van der Waals surface area contributed by atoms with Crippen molar-refractivity contribution in [3.05, 3.63) is 65.1 Å². The molecule has 0 saturated heterocycles. The lowest BCUT2D eigenvalue weighted by Crippen LogP contribution is -2.31. The van der Waals surface area contributed by atoms with Crippen molar-refractivity contribution in [3.63, 3.8) is 0 Å². The van der Waals surface area contributed by atoms with Crippen LogP contribution in [0.1, 0.15) is 35.3 Å². The minimum absolute atomic E-state index is 0.0500. The molecule has 0 aliphatic heterocycles. The van der Waals surface area contributed by atoms with E-state index in [4.69, 9.17) is 0 Å². The molecule has 152 valence electrons. The molecule has 0 aliphatic rings. The van der Waals surface area contributed by atoms with E-state index in [1.165, 1.54) is 23.2 Å². The maximum absolute atomic E-state index is 14.0. The molecular formula is C22H23FN2O3S. The number of carbonyl (C=O) groups excluding carboxylic acids is 1. The molecule has 1 aromatic heterocycles. The first-order valence-corrected chi connectivity index (χ1v) is 10.9. The van der Waals surface area contributed by atoms with Crippen molar-refractivity contribution < 1.29 is 17.6 Å². The summed E-state index contributed by atoms with van der Waals surface area (Å²) in [7, 11) is -4.11. The Morgan fingerprint density at radius 3 is 2.24 bits per heavy atom. The molecule has 5 nitrogen and oxygen atoms in total. The number of halogens is 1. The van der Waals surface area contributed by atoms with E-state index in [0.29, 0.717) is 18.6 Å². The number of aryl methyl sites for hydroxylation is 2. The Kier molecular flexibility index (Phi) is 5.71. The number of benzene rings is 2. The van der Waals surface area contributed by atoms with Crippen LogP contribution < -0.4 is 0 Å². The number of sulfone groups is 1. The Morgan fingerprint density at radius 2 is 1.66 bits per heavy atom. The number of carbonyl (C=O) groups is 1. The molecule has 0 atom stereocenters. The van der Waals surface area contributed by atoms with Gasteiger partial charge < -0.3 is 4.90 Å². The van der Waals surface area contributed by atoms with Crippen LogP contribution in [-0.2, 0) is 9.84 Å². The lowest BCUT2D eigenvalue weighted by Gasteiger charge is -2.21. The van der Waals surface area contributed by atoms with Crippen LogP contribution in [0.5, 0.6) is 0 Å². The minimum atomic E-state index is -4.11. The summed E-state index contributed by atoms with van der Waals surface area (Å²) in [6, 6.07) is 8.73. The van der Waals surface area contributed by atoms with Crippen molar-refractivity contribution in [3.8, 4) is 0 Å². The minimum Gasteiger partial charge on any atom is -0.339 e. The Labute approximate surface area is 170 Å². The third kappa shape index (κ3) is 3.87. The van der Waals surface area contributed by atoms with Gasteiger partial charge in [0.2, 0.25) is 9.84 Å². The number of aromatic nitrogens is 1. The average Bonchev–Trinajstić information content (AvgIpc) is 2.66. The van der Waals surface area contributed by atoms with Crippen molar-refractivity contribution in [1.29, 1.82) is 0 Å². The van der Waals surface area contributed by atoms with E-state index in [1.54, 1.807) is 26.0 Å². The molecule has 0 radical (unpaired) electrons. The van der Waals surface area contributed by atoms with Crippen LogP contribution in [-0.4, -0.2) is 37.3 Å². The Hall–Kier alpha value is -2.80. The lowest BCUT2D eigenvalue weighted by molar-refractivity contribution is 0.0769. The van der Waals surface area contributed by atoms with Gasteiger partial charge in [0.1, 0.15) is 5.82 Å². The van der Waals surface area contributed by atoms with Gasteiger partial charge in [-0.25, -0.2) is 12.8 Å². The quantitative estimate of drug-likeness (QED) is 0.624. The number of amides is 1. The molecule has 0 bridgehead atoms. The maximum Gasteiger partial charge on any atom is 0.256 e. The summed E-state index contributed by atoms with van der Waals surface area (Å²) in [5.41, 5.74) is 1.82. The highest BCUT2D eigenvalue weighted by Gasteiger charge is 2.30. The third-order valence-corrected chi connectivity index (χ3v) is 6.67. The fourth-order valence-electron chi connectivity index (χ4n) is 3.47. The molecule has 0 saturated carbocycles. The molecule has 0 unspecified atom stereocenters. The number of hydrogen-bond donors (Lipinski definition) is 0. The second kappa shape index (κ2) is 7.91. The summed E-state index contributed by atoms with van der Waals surface area (Å²) in [5, 5.41) is 0.0992. The molecule has 1 amide bonds. The Morgan fingerprint density at radius 1 is 1.03 bits per heavy atom. The van der Waals surface area contributed by atoms with E-state index in [1.807, 2.05) is 19.9 Å². The van der Waals surface area contributed by atoms with Crippen molar-refractivity contribution in [2.24, 2.45) is 0 Å². The predicted molar refractivity (Wildman–Crippen MR) is 110 cm³/mol. The zero-order valence-corrected chi connectivity index (χ0v) is 17.7. The molecule has 2 aromatic carbocycles. The normalized spacial score (nSPS) is 11.6. The Balaban J connectivity index is 2.40. The number of fused-ring (bicyclic) bond motifs is 1. The van der Waals surface area contributed by atoms with E-state index < -0.39 is 21.6 Å². The highest BCUT2D eigenvalue weighted by atomic mass is 32.2. The number of rotatable bonds is 5. The molecule has 3 rings (SSSR count). The highest BCUT2D eigenvalue weighted by molar-refractivity contribution is 7.91. The van der Waals surface area contributed by atoms with Gasteiger partial charge in [0.05, 0.1) is 20.9 Å². The molecule has 29 heavy (non-hydrogen) atoms. The van der Waals surface area contributed by atoms with Gasteiger partial charge in [-0.3, -0.25) is 9.78 Å². The van der Waals surface area contributed by atoms with Crippen LogP contribution in [0.3, 0.4) is 0 Å². The summed E-state index contributed by atoms with van der Waals surface area (Å²) in [6.45, 7) is 8.07. The fraction of sp³-hybridized carbons (Fsp3) is 0.273. The Bertz CT molecular complexity index is 1180. The van der Waals surface area contributed by atoms with Gasteiger partial charge in [0.15, 0.2) is 0 Å². The second-order valence-corrected chi connectivity index (χ2v) is 8.85. The summed E-state index contributed by atoms with van der Waals surface area (Å²) >= 11 is 0. The van der Waals surface area contributed by atoms with Crippen LogP contribution in [0.15, 0.2) is 52.4 Å². The second-order valence-electron chi connectivity index (χ2n) is 6.97. The van der Waals surface area contributed by atoms with Crippen LogP contribution in [0.4, 0.5) is 4.39 Å². The number of nitrogens with zero attached hydrogens (tertiary/aromatic N) is 2. The van der Waals surface area contributed by atoms with Gasteiger partial charge in [-0.05, 0) is 69.2 Å².